The number of nitrogens with two attached hydrogens (primary N) is 1. The summed E-state index contributed by atoms with van der Waals surface area (Å²) in [5, 5.41) is 3.03. The van der Waals surface area contributed by atoms with Crippen molar-refractivity contribution >= 4 is 5.69 Å². The Morgan fingerprint density at radius 2 is 2.08 bits per heavy atom. The zero-order valence-electron chi connectivity index (χ0n) is 7.84. The minimum absolute atomic E-state index is 0.0955. The quantitative estimate of drug-likeness (QED) is 0.677. The molecule has 1 fully saturated rings. The molecule has 4 nitrogen and oxygen atoms in total. The molecule has 1 aromatic rings. The van der Waals surface area contributed by atoms with Gasteiger partial charge in [0.2, 0.25) is 0 Å². The fraction of sp³-hybridized carbons (Fsp3) is 0.667. The van der Waals surface area contributed by atoms with E-state index >= 15 is 0 Å². The van der Waals surface area contributed by atoms with Gasteiger partial charge in [0.05, 0.1) is 5.69 Å². The van der Waals surface area contributed by atoms with Crippen molar-refractivity contribution in [3.8, 4) is 0 Å². The van der Waals surface area contributed by atoms with E-state index in [1.54, 1.807) is 7.05 Å². The third-order valence-electron chi connectivity index (χ3n) is 2.88. The van der Waals surface area contributed by atoms with E-state index in [9.17, 15) is 4.79 Å². The third-order valence-corrected chi connectivity index (χ3v) is 2.88. The maximum absolute atomic E-state index is 11.4. The van der Waals surface area contributed by atoms with Gasteiger partial charge >= 0.3 is 0 Å². The fourth-order valence-corrected chi connectivity index (χ4v) is 2.11. The van der Waals surface area contributed by atoms with Crippen LogP contribution in [-0.2, 0) is 7.05 Å². The van der Waals surface area contributed by atoms with E-state index < -0.39 is 0 Å². The summed E-state index contributed by atoms with van der Waals surface area (Å²) in [6.45, 7) is 0. The maximum atomic E-state index is 11.4. The molecule has 1 aliphatic rings. The van der Waals surface area contributed by atoms with Gasteiger partial charge in [0, 0.05) is 13.0 Å². The van der Waals surface area contributed by atoms with Gasteiger partial charge < -0.3 is 5.73 Å². The van der Waals surface area contributed by atoms with Crippen LogP contribution in [0.3, 0.4) is 0 Å². The van der Waals surface area contributed by atoms with Crippen LogP contribution in [0.4, 0.5) is 5.69 Å². The highest BCUT2D eigenvalue weighted by Crippen LogP contribution is 2.34. The molecule has 4 heteroatoms. The first-order valence-electron chi connectivity index (χ1n) is 4.74. The summed E-state index contributed by atoms with van der Waals surface area (Å²) in [7, 11) is 1.71. The molecule has 0 unspecified atom stereocenters. The van der Waals surface area contributed by atoms with Crippen molar-refractivity contribution in [2.45, 2.75) is 31.6 Å². The summed E-state index contributed by atoms with van der Waals surface area (Å²) in [6, 6.07) is 0. The number of aryl methyl sites for hydroxylation is 1. The smallest absolute Gasteiger partial charge is 0.289 e. The molecule has 0 aromatic carbocycles. The van der Waals surface area contributed by atoms with Crippen molar-refractivity contribution < 1.29 is 0 Å². The van der Waals surface area contributed by atoms with Crippen molar-refractivity contribution in [2.24, 2.45) is 7.05 Å². The highest BCUT2D eigenvalue weighted by molar-refractivity contribution is 5.42. The van der Waals surface area contributed by atoms with Crippen LogP contribution in [0.1, 0.15) is 37.3 Å². The number of aromatic amines is 1. The summed E-state index contributed by atoms with van der Waals surface area (Å²) in [5.74, 6) is 0.480. The van der Waals surface area contributed by atoms with E-state index in [1.165, 1.54) is 17.5 Å². The topological polar surface area (TPSA) is 63.8 Å². The first-order chi connectivity index (χ1) is 6.20. The van der Waals surface area contributed by atoms with Crippen LogP contribution in [0.5, 0.6) is 0 Å². The molecule has 1 aliphatic carbocycles. The van der Waals surface area contributed by atoms with Crippen molar-refractivity contribution in [1.29, 1.82) is 0 Å². The van der Waals surface area contributed by atoms with Crippen molar-refractivity contribution in [2.75, 3.05) is 5.73 Å². The van der Waals surface area contributed by atoms with Gasteiger partial charge in [-0.2, -0.15) is 0 Å². The van der Waals surface area contributed by atoms with Crippen LogP contribution in [0, 0.1) is 0 Å². The number of hydrogen-bond acceptors (Lipinski definition) is 2. The Morgan fingerprint density at radius 3 is 2.54 bits per heavy atom. The van der Waals surface area contributed by atoms with E-state index in [-0.39, 0.29) is 5.56 Å². The number of H-pyrrole nitrogens is 1. The molecule has 0 radical (unpaired) electrons. The van der Waals surface area contributed by atoms with Gasteiger partial charge in [0.25, 0.3) is 5.56 Å². The first-order valence-corrected chi connectivity index (χ1v) is 4.74. The van der Waals surface area contributed by atoms with Crippen LogP contribution in [-0.4, -0.2) is 9.78 Å². The van der Waals surface area contributed by atoms with E-state index in [2.05, 4.69) is 5.10 Å². The fourth-order valence-electron chi connectivity index (χ4n) is 2.11. The average Bonchev–Trinajstić information content (AvgIpc) is 2.70. The number of nitrogens with zero attached hydrogens (tertiary/aromatic N) is 1. The molecule has 72 valence electrons. The zero-order valence-corrected chi connectivity index (χ0v) is 7.84. The van der Waals surface area contributed by atoms with Gasteiger partial charge in [-0.05, 0) is 12.8 Å². The van der Waals surface area contributed by atoms with Gasteiger partial charge in [-0.15, -0.1) is 0 Å². The Bertz CT molecular complexity index is 357. The van der Waals surface area contributed by atoms with Crippen LogP contribution in [0.2, 0.25) is 0 Å². The molecule has 0 atom stereocenters. The SMILES string of the molecule is Cn1[nH]c(C2CCCC2)c(N)c1=O. The van der Waals surface area contributed by atoms with E-state index in [0.29, 0.717) is 11.6 Å². The maximum Gasteiger partial charge on any atom is 0.289 e. The second-order valence-corrected chi connectivity index (χ2v) is 3.78. The Morgan fingerprint density at radius 1 is 1.46 bits per heavy atom. The number of hydrogen-bond donors (Lipinski definition) is 2. The minimum atomic E-state index is -0.0955. The van der Waals surface area contributed by atoms with Gasteiger partial charge in [-0.25, -0.2) is 0 Å². The molecule has 13 heavy (non-hydrogen) atoms. The molecule has 1 aromatic heterocycles. The van der Waals surface area contributed by atoms with Gasteiger partial charge in [-0.3, -0.25) is 14.6 Å². The summed E-state index contributed by atoms with van der Waals surface area (Å²) in [6.07, 6.45) is 4.82. The molecule has 3 N–H and O–H groups in total. The third kappa shape index (κ3) is 1.26. The molecular weight excluding hydrogens is 166 g/mol. The molecule has 1 heterocycles. The summed E-state index contributed by atoms with van der Waals surface area (Å²) in [4.78, 5) is 11.4. The number of rotatable bonds is 1. The molecule has 0 aliphatic heterocycles. The van der Waals surface area contributed by atoms with E-state index in [0.717, 1.165) is 18.5 Å². The number of anilines is 1. The lowest BCUT2D eigenvalue weighted by molar-refractivity contribution is 0.652. The van der Waals surface area contributed by atoms with Crippen molar-refractivity contribution in [3.05, 3.63) is 16.0 Å². The highest BCUT2D eigenvalue weighted by atomic mass is 16.1. The molecule has 0 amide bonds. The molecule has 2 rings (SSSR count). The zero-order chi connectivity index (χ0) is 9.42. The predicted octanol–water partition coefficient (Wildman–Crippen LogP) is 0.953. The van der Waals surface area contributed by atoms with E-state index in [4.69, 9.17) is 5.73 Å². The second-order valence-electron chi connectivity index (χ2n) is 3.78. The van der Waals surface area contributed by atoms with Gasteiger partial charge in [0.15, 0.2) is 0 Å². The second kappa shape index (κ2) is 2.94. The van der Waals surface area contributed by atoms with Crippen molar-refractivity contribution in [3.63, 3.8) is 0 Å². The Balaban J connectivity index is 2.39. The minimum Gasteiger partial charge on any atom is -0.393 e. The largest absolute Gasteiger partial charge is 0.393 e. The molecule has 1 saturated carbocycles. The monoisotopic (exact) mass is 181 g/mol. The molecular formula is C9H15N3O. The number of aromatic nitrogens is 2. The Labute approximate surface area is 76.7 Å². The summed E-state index contributed by atoms with van der Waals surface area (Å²) in [5.41, 5.74) is 6.98. The standard InChI is InChI=1S/C9H15N3O/c1-12-9(13)7(10)8(11-12)6-4-2-3-5-6/h6,11H,2-5,10H2,1H3. The molecule has 0 bridgehead atoms. The number of nitrogens with one attached hydrogen (secondary N) is 1. The lowest BCUT2D eigenvalue weighted by Gasteiger charge is -2.05. The summed E-state index contributed by atoms with van der Waals surface area (Å²) >= 11 is 0. The lowest BCUT2D eigenvalue weighted by atomic mass is 10.0. The summed E-state index contributed by atoms with van der Waals surface area (Å²) < 4.78 is 1.46. The van der Waals surface area contributed by atoms with Crippen LogP contribution in [0.15, 0.2) is 4.79 Å². The normalized spacial score (nSPS) is 18.2. The van der Waals surface area contributed by atoms with Crippen LogP contribution < -0.4 is 11.3 Å². The van der Waals surface area contributed by atoms with E-state index in [1.807, 2.05) is 0 Å². The first kappa shape index (κ1) is 8.41. The lowest BCUT2D eigenvalue weighted by Crippen LogP contribution is -2.14. The van der Waals surface area contributed by atoms with Crippen LogP contribution in [0.25, 0.3) is 0 Å². The van der Waals surface area contributed by atoms with Gasteiger partial charge in [0.1, 0.15) is 5.69 Å². The average molecular weight is 181 g/mol. The highest BCUT2D eigenvalue weighted by Gasteiger charge is 2.22. The Kier molecular flexibility index (Phi) is 1.90. The predicted molar refractivity (Wildman–Crippen MR) is 51.7 cm³/mol. The van der Waals surface area contributed by atoms with Crippen LogP contribution >= 0.6 is 0 Å². The number of nitrogen functional groups attached to an aromatic ring is 1. The Hall–Kier alpha value is -1.19. The van der Waals surface area contributed by atoms with Crippen molar-refractivity contribution in [1.82, 2.24) is 9.78 Å². The van der Waals surface area contributed by atoms with Gasteiger partial charge in [-0.1, -0.05) is 12.8 Å². The molecule has 0 saturated heterocycles. The molecule has 0 spiro atoms.